The van der Waals surface area contributed by atoms with Crippen molar-refractivity contribution in [3.63, 3.8) is 0 Å². The second kappa shape index (κ2) is 6.08. The van der Waals surface area contributed by atoms with Gasteiger partial charge in [-0.2, -0.15) is 5.10 Å². The zero-order valence-corrected chi connectivity index (χ0v) is 14.5. The van der Waals surface area contributed by atoms with Crippen LogP contribution in [0.4, 0.5) is 13.6 Å². The summed E-state index contributed by atoms with van der Waals surface area (Å²) in [5.74, 6) is -2.24. The summed E-state index contributed by atoms with van der Waals surface area (Å²) in [7, 11) is 0. The standard InChI is InChI=1S/C19H15F2N5O2/c20-10-3-9(4-11(21)5-10)12-6-13(12)14-7-16(25-26-2-1-22-17(14)26)15-8-23-19(28)24-18(15)27/h1-5,7,12-13,15H,6,8H2,(H2,23,24,27,28)/t12-,13+,15?/m0/s1. The van der Waals surface area contributed by atoms with Crippen LogP contribution in [-0.4, -0.2) is 33.1 Å². The topological polar surface area (TPSA) is 88.4 Å². The van der Waals surface area contributed by atoms with E-state index in [4.69, 9.17) is 0 Å². The Bertz CT molecular complexity index is 1110. The predicted molar refractivity (Wildman–Crippen MR) is 93.7 cm³/mol. The summed E-state index contributed by atoms with van der Waals surface area (Å²) in [6, 6.07) is 4.84. The molecule has 1 aliphatic heterocycles. The molecule has 2 aliphatic rings. The van der Waals surface area contributed by atoms with Crippen LogP contribution in [0, 0.1) is 11.6 Å². The highest BCUT2D eigenvalue weighted by Gasteiger charge is 2.42. The van der Waals surface area contributed by atoms with Crippen LogP contribution in [-0.2, 0) is 4.79 Å². The number of halogens is 2. The highest BCUT2D eigenvalue weighted by Crippen LogP contribution is 2.55. The number of amides is 3. The summed E-state index contributed by atoms with van der Waals surface area (Å²) >= 11 is 0. The molecule has 1 saturated heterocycles. The molecule has 2 N–H and O–H groups in total. The third-order valence-corrected chi connectivity index (χ3v) is 5.29. The largest absolute Gasteiger partial charge is 0.337 e. The van der Waals surface area contributed by atoms with Crippen LogP contribution in [0.25, 0.3) is 5.65 Å². The molecule has 0 radical (unpaired) electrons. The monoisotopic (exact) mass is 383 g/mol. The first kappa shape index (κ1) is 16.8. The Hall–Kier alpha value is -3.36. The number of hydrogen-bond donors (Lipinski definition) is 2. The number of urea groups is 1. The molecular weight excluding hydrogens is 368 g/mol. The van der Waals surface area contributed by atoms with Crippen molar-refractivity contribution in [1.29, 1.82) is 0 Å². The Labute approximate surface area is 157 Å². The van der Waals surface area contributed by atoms with Gasteiger partial charge in [0.1, 0.15) is 11.6 Å². The maximum atomic E-state index is 13.6. The lowest BCUT2D eigenvalue weighted by Gasteiger charge is -2.22. The van der Waals surface area contributed by atoms with Crippen molar-refractivity contribution >= 4 is 17.6 Å². The number of imidazole rings is 1. The number of benzene rings is 1. The Morgan fingerprint density at radius 3 is 2.61 bits per heavy atom. The summed E-state index contributed by atoms with van der Waals surface area (Å²) in [5, 5.41) is 9.29. The summed E-state index contributed by atoms with van der Waals surface area (Å²) in [4.78, 5) is 27.9. The van der Waals surface area contributed by atoms with E-state index in [0.29, 0.717) is 16.9 Å². The Kier molecular flexibility index (Phi) is 3.65. The number of fused-ring (bicyclic) bond motifs is 1. The van der Waals surface area contributed by atoms with Gasteiger partial charge in [-0.05, 0) is 42.0 Å². The van der Waals surface area contributed by atoms with Gasteiger partial charge in [0.2, 0.25) is 5.91 Å². The first-order valence-electron chi connectivity index (χ1n) is 8.88. The van der Waals surface area contributed by atoms with Crippen molar-refractivity contribution in [3.05, 3.63) is 65.1 Å². The van der Waals surface area contributed by atoms with Crippen LogP contribution < -0.4 is 10.6 Å². The minimum atomic E-state index is -0.618. The number of aromatic nitrogens is 3. The molecule has 2 fully saturated rings. The van der Waals surface area contributed by atoms with E-state index in [9.17, 15) is 18.4 Å². The van der Waals surface area contributed by atoms with Crippen LogP contribution in [0.1, 0.15) is 41.0 Å². The van der Waals surface area contributed by atoms with Crippen molar-refractivity contribution < 1.29 is 18.4 Å². The lowest BCUT2D eigenvalue weighted by molar-refractivity contribution is -0.122. The van der Waals surface area contributed by atoms with Gasteiger partial charge in [-0.1, -0.05) is 0 Å². The molecule has 3 aromatic rings. The van der Waals surface area contributed by atoms with Crippen molar-refractivity contribution in [2.45, 2.75) is 24.2 Å². The number of carbonyl (C=O) groups is 2. The molecule has 0 bridgehead atoms. The fourth-order valence-electron chi connectivity index (χ4n) is 3.87. The Morgan fingerprint density at radius 1 is 1.07 bits per heavy atom. The minimum Gasteiger partial charge on any atom is -0.337 e. The Balaban J connectivity index is 1.52. The first-order chi connectivity index (χ1) is 13.5. The zero-order chi connectivity index (χ0) is 19.4. The average molecular weight is 383 g/mol. The molecule has 28 heavy (non-hydrogen) atoms. The van der Waals surface area contributed by atoms with E-state index in [1.807, 2.05) is 6.07 Å². The van der Waals surface area contributed by atoms with E-state index in [0.717, 1.165) is 18.1 Å². The molecule has 7 nitrogen and oxygen atoms in total. The van der Waals surface area contributed by atoms with Gasteiger partial charge >= 0.3 is 6.03 Å². The molecule has 5 rings (SSSR count). The molecule has 142 valence electrons. The molecule has 1 aromatic carbocycles. The molecule has 9 heteroatoms. The van der Waals surface area contributed by atoms with E-state index < -0.39 is 29.5 Å². The lowest BCUT2D eigenvalue weighted by Crippen LogP contribution is -2.51. The molecule has 3 atom stereocenters. The fourth-order valence-corrected chi connectivity index (χ4v) is 3.87. The van der Waals surface area contributed by atoms with Crippen molar-refractivity contribution in [3.8, 4) is 0 Å². The summed E-state index contributed by atoms with van der Waals surface area (Å²) in [6.45, 7) is 0.153. The van der Waals surface area contributed by atoms with Gasteiger partial charge < -0.3 is 5.32 Å². The van der Waals surface area contributed by atoms with Crippen molar-refractivity contribution in [2.75, 3.05) is 6.54 Å². The molecule has 1 saturated carbocycles. The number of carbonyl (C=O) groups excluding carboxylic acids is 2. The van der Waals surface area contributed by atoms with Crippen molar-refractivity contribution in [2.24, 2.45) is 0 Å². The second-order valence-electron chi connectivity index (χ2n) is 7.12. The summed E-state index contributed by atoms with van der Waals surface area (Å²) in [6.07, 6.45) is 4.01. The fraction of sp³-hybridized carbons (Fsp3) is 0.263. The van der Waals surface area contributed by atoms with Crippen molar-refractivity contribution in [1.82, 2.24) is 25.2 Å². The Morgan fingerprint density at radius 2 is 1.86 bits per heavy atom. The van der Waals surface area contributed by atoms with E-state index in [1.165, 1.54) is 12.1 Å². The van der Waals surface area contributed by atoms with Crippen LogP contribution in [0.3, 0.4) is 0 Å². The SMILES string of the molecule is O=C1NCC(c2cc([C@@H]3C[C@H]3c3cc(F)cc(F)c3)c3nccn3n2)C(=O)N1. The maximum absolute atomic E-state index is 13.6. The van der Waals surface area contributed by atoms with E-state index in [2.05, 4.69) is 20.7 Å². The van der Waals surface area contributed by atoms with E-state index >= 15 is 0 Å². The number of nitrogens with zero attached hydrogens (tertiary/aromatic N) is 3. The van der Waals surface area contributed by atoms with E-state index in [1.54, 1.807) is 16.9 Å². The molecular formula is C19H15F2N5O2. The van der Waals surface area contributed by atoms with Crippen LogP contribution >= 0.6 is 0 Å². The highest BCUT2D eigenvalue weighted by molar-refractivity contribution is 6.00. The number of nitrogens with one attached hydrogen (secondary N) is 2. The molecule has 3 heterocycles. The zero-order valence-electron chi connectivity index (χ0n) is 14.5. The molecule has 2 aromatic heterocycles. The van der Waals surface area contributed by atoms with Gasteiger partial charge in [-0.25, -0.2) is 23.1 Å². The van der Waals surface area contributed by atoms with Gasteiger partial charge in [0.05, 0.1) is 11.6 Å². The second-order valence-corrected chi connectivity index (χ2v) is 7.12. The smallest absolute Gasteiger partial charge is 0.321 e. The van der Waals surface area contributed by atoms with Gasteiger partial charge in [-0.15, -0.1) is 0 Å². The van der Waals surface area contributed by atoms with Crippen LogP contribution in [0.15, 0.2) is 36.7 Å². The number of rotatable bonds is 3. The third kappa shape index (κ3) is 2.79. The maximum Gasteiger partial charge on any atom is 0.321 e. The quantitative estimate of drug-likeness (QED) is 0.726. The van der Waals surface area contributed by atoms with Gasteiger partial charge in [0, 0.05) is 30.6 Å². The first-order valence-corrected chi connectivity index (χ1v) is 8.88. The summed E-state index contributed by atoms with van der Waals surface area (Å²) in [5.41, 5.74) is 2.63. The normalized spacial score (nSPS) is 24.1. The molecule has 1 aliphatic carbocycles. The van der Waals surface area contributed by atoms with Crippen LogP contribution in [0.2, 0.25) is 0 Å². The summed E-state index contributed by atoms with van der Waals surface area (Å²) < 4.78 is 28.8. The van der Waals surface area contributed by atoms with E-state index in [-0.39, 0.29) is 18.4 Å². The highest BCUT2D eigenvalue weighted by atomic mass is 19.1. The minimum absolute atomic E-state index is 0.0223. The lowest BCUT2D eigenvalue weighted by atomic mass is 9.99. The molecule has 3 amide bonds. The predicted octanol–water partition coefficient (Wildman–Crippen LogP) is 2.20. The van der Waals surface area contributed by atoms with Crippen LogP contribution in [0.5, 0.6) is 0 Å². The van der Waals surface area contributed by atoms with Gasteiger partial charge in [0.25, 0.3) is 0 Å². The molecule has 0 spiro atoms. The van der Waals surface area contributed by atoms with Gasteiger partial charge in [0.15, 0.2) is 5.65 Å². The third-order valence-electron chi connectivity index (χ3n) is 5.29. The number of hydrogen-bond acceptors (Lipinski definition) is 4. The van der Waals surface area contributed by atoms with Gasteiger partial charge in [-0.3, -0.25) is 10.1 Å². The average Bonchev–Trinajstić information content (AvgIpc) is 3.29. The number of imide groups is 1. The molecule has 1 unspecified atom stereocenters.